The molecule has 0 radical (unpaired) electrons. The molecule has 0 fully saturated rings. The first-order valence-corrected chi connectivity index (χ1v) is 7.09. The predicted octanol–water partition coefficient (Wildman–Crippen LogP) is 3.08. The number of thiazole rings is 1. The van der Waals surface area contributed by atoms with Gasteiger partial charge >= 0.3 is 0 Å². The minimum atomic E-state index is -0.0560. The number of rotatable bonds is 1. The molecule has 0 aliphatic rings. The van der Waals surface area contributed by atoms with Crippen LogP contribution in [0.5, 0.6) is 0 Å². The molecular formula is C11H13IN4S. The van der Waals surface area contributed by atoms with Crippen molar-refractivity contribution in [3.8, 4) is 10.8 Å². The topological polar surface area (TPSA) is 64.7 Å². The van der Waals surface area contributed by atoms with Crippen molar-refractivity contribution in [1.82, 2.24) is 15.0 Å². The molecule has 0 unspecified atom stereocenters. The van der Waals surface area contributed by atoms with E-state index in [4.69, 9.17) is 5.73 Å². The van der Waals surface area contributed by atoms with Gasteiger partial charge in [0.2, 0.25) is 0 Å². The molecule has 90 valence electrons. The maximum absolute atomic E-state index is 5.94. The third-order valence-electron chi connectivity index (χ3n) is 2.21. The van der Waals surface area contributed by atoms with Crippen molar-refractivity contribution in [3.05, 3.63) is 20.8 Å². The number of hydrogen-bond donors (Lipinski definition) is 1. The summed E-state index contributed by atoms with van der Waals surface area (Å²) in [6, 6.07) is 0. The fraction of sp³-hybridized carbons (Fsp3) is 0.364. The fourth-order valence-electron chi connectivity index (χ4n) is 1.39. The highest BCUT2D eigenvalue weighted by molar-refractivity contribution is 14.1. The van der Waals surface area contributed by atoms with Crippen LogP contribution >= 0.6 is 33.9 Å². The standard InChI is InChI=1S/C11H13IN4S/c1-11(2,3)7-6(12)8(13)16-9(15-7)10-14-4-5-17-10/h4-5H,1-3H3,(H2,13,15,16). The molecule has 0 aliphatic carbocycles. The highest BCUT2D eigenvalue weighted by atomic mass is 127. The zero-order chi connectivity index (χ0) is 12.6. The van der Waals surface area contributed by atoms with Gasteiger partial charge in [0.05, 0.1) is 9.26 Å². The third kappa shape index (κ3) is 2.57. The molecule has 0 bridgehead atoms. The molecule has 0 spiro atoms. The lowest BCUT2D eigenvalue weighted by molar-refractivity contribution is 0.564. The summed E-state index contributed by atoms with van der Waals surface area (Å²) in [5.74, 6) is 1.14. The van der Waals surface area contributed by atoms with Gasteiger partial charge in [-0.2, -0.15) is 0 Å². The SMILES string of the molecule is CC(C)(C)c1nc(-c2nccs2)nc(N)c1I. The quantitative estimate of drug-likeness (QED) is 0.794. The average Bonchev–Trinajstić information content (AvgIpc) is 2.73. The highest BCUT2D eigenvalue weighted by Gasteiger charge is 2.23. The second kappa shape index (κ2) is 4.49. The lowest BCUT2D eigenvalue weighted by atomic mass is 9.92. The van der Waals surface area contributed by atoms with Crippen LogP contribution in [-0.4, -0.2) is 15.0 Å². The monoisotopic (exact) mass is 360 g/mol. The Morgan fingerprint density at radius 2 is 2.00 bits per heavy atom. The Morgan fingerprint density at radius 3 is 2.53 bits per heavy atom. The predicted molar refractivity (Wildman–Crippen MR) is 79.0 cm³/mol. The van der Waals surface area contributed by atoms with E-state index in [1.165, 1.54) is 11.3 Å². The summed E-state index contributed by atoms with van der Waals surface area (Å²) in [4.78, 5) is 13.1. The second-order valence-corrected chi connectivity index (χ2v) is 6.66. The Balaban J connectivity index is 2.62. The van der Waals surface area contributed by atoms with Crippen LogP contribution in [0.1, 0.15) is 26.5 Å². The summed E-state index contributed by atoms with van der Waals surface area (Å²) in [7, 11) is 0. The maximum atomic E-state index is 5.94. The molecule has 2 aromatic rings. The van der Waals surface area contributed by atoms with Crippen LogP contribution in [-0.2, 0) is 5.41 Å². The average molecular weight is 360 g/mol. The minimum absolute atomic E-state index is 0.0560. The Labute approximate surface area is 118 Å². The van der Waals surface area contributed by atoms with Crippen LogP contribution in [0.3, 0.4) is 0 Å². The van der Waals surface area contributed by atoms with Crippen molar-refractivity contribution in [2.24, 2.45) is 0 Å². The Morgan fingerprint density at radius 1 is 1.29 bits per heavy atom. The summed E-state index contributed by atoms with van der Waals surface area (Å²) >= 11 is 3.71. The first kappa shape index (κ1) is 12.7. The molecule has 0 aromatic carbocycles. The normalized spacial score (nSPS) is 11.8. The first-order valence-electron chi connectivity index (χ1n) is 5.13. The van der Waals surface area contributed by atoms with Crippen molar-refractivity contribution >= 4 is 39.7 Å². The molecule has 17 heavy (non-hydrogen) atoms. The number of anilines is 1. The molecule has 0 amide bonds. The molecule has 0 saturated heterocycles. The Hall–Kier alpha value is -0.760. The summed E-state index contributed by atoms with van der Waals surface area (Å²) < 4.78 is 0.926. The minimum Gasteiger partial charge on any atom is -0.383 e. The number of aromatic nitrogens is 3. The van der Waals surface area contributed by atoms with Crippen LogP contribution in [0.15, 0.2) is 11.6 Å². The molecule has 6 heteroatoms. The number of halogens is 1. The zero-order valence-electron chi connectivity index (χ0n) is 9.86. The molecule has 0 saturated carbocycles. The molecule has 2 heterocycles. The van der Waals surface area contributed by atoms with Gasteiger partial charge in [-0.3, -0.25) is 0 Å². The van der Waals surface area contributed by atoms with Gasteiger partial charge in [0.25, 0.3) is 0 Å². The lowest BCUT2D eigenvalue weighted by Gasteiger charge is -2.20. The van der Waals surface area contributed by atoms with Gasteiger partial charge in [0.1, 0.15) is 5.82 Å². The molecule has 2 rings (SSSR count). The fourth-order valence-corrected chi connectivity index (χ4v) is 3.01. The summed E-state index contributed by atoms with van der Waals surface area (Å²) in [5, 5.41) is 2.71. The van der Waals surface area contributed by atoms with Gasteiger partial charge in [-0.1, -0.05) is 20.8 Å². The van der Waals surface area contributed by atoms with Crippen molar-refractivity contribution < 1.29 is 0 Å². The van der Waals surface area contributed by atoms with Crippen LogP contribution in [0.4, 0.5) is 5.82 Å². The van der Waals surface area contributed by atoms with Gasteiger partial charge in [-0.25, -0.2) is 15.0 Å². The highest BCUT2D eigenvalue weighted by Crippen LogP contribution is 2.30. The van der Waals surface area contributed by atoms with Crippen LogP contribution in [0.25, 0.3) is 10.8 Å². The largest absolute Gasteiger partial charge is 0.383 e. The van der Waals surface area contributed by atoms with E-state index >= 15 is 0 Å². The molecule has 0 aliphatic heterocycles. The molecule has 2 aromatic heterocycles. The van der Waals surface area contributed by atoms with E-state index in [1.54, 1.807) is 6.20 Å². The van der Waals surface area contributed by atoms with E-state index in [2.05, 4.69) is 58.3 Å². The zero-order valence-corrected chi connectivity index (χ0v) is 12.8. The Kier molecular flexibility index (Phi) is 3.35. The van der Waals surface area contributed by atoms with E-state index in [0.29, 0.717) is 11.6 Å². The van der Waals surface area contributed by atoms with Crippen LogP contribution in [0.2, 0.25) is 0 Å². The second-order valence-electron chi connectivity index (χ2n) is 4.68. The van der Waals surface area contributed by atoms with Crippen molar-refractivity contribution in [2.75, 3.05) is 5.73 Å². The molecular weight excluding hydrogens is 347 g/mol. The van der Waals surface area contributed by atoms with E-state index in [1.807, 2.05) is 5.38 Å². The number of nitrogens with zero attached hydrogens (tertiary/aromatic N) is 3. The summed E-state index contributed by atoms with van der Waals surface area (Å²) in [5.41, 5.74) is 6.85. The van der Waals surface area contributed by atoms with Crippen LogP contribution in [0, 0.1) is 3.57 Å². The smallest absolute Gasteiger partial charge is 0.191 e. The maximum Gasteiger partial charge on any atom is 0.191 e. The molecule has 4 nitrogen and oxygen atoms in total. The van der Waals surface area contributed by atoms with Crippen LogP contribution < -0.4 is 5.73 Å². The van der Waals surface area contributed by atoms with Crippen molar-refractivity contribution in [2.45, 2.75) is 26.2 Å². The van der Waals surface area contributed by atoms with Gasteiger partial charge in [0.15, 0.2) is 10.8 Å². The number of nitrogen functional groups attached to an aromatic ring is 1. The first-order chi connectivity index (χ1) is 7.89. The summed E-state index contributed by atoms with van der Waals surface area (Å²) in [6.45, 7) is 6.34. The number of nitrogens with two attached hydrogens (primary N) is 1. The van der Waals surface area contributed by atoms with E-state index < -0.39 is 0 Å². The summed E-state index contributed by atoms with van der Waals surface area (Å²) in [6.07, 6.45) is 1.74. The lowest BCUT2D eigenvalue weighted by Crippen LogP contribution is -2.18. The van der Waals surface area contributed by atoms with Crippen molar-refractivity contribution in [1.29, 1.82) is 0 Å². The van der Waals surface area contributed by atoms with E-state index in [0.717, 1.165) is 14.3 Å². The van der Waals surface area contributed by atoms with Gasteiger partial charge < -0.3 is 5.73 Å². The van der Waals surface area contributed by atoms with Gasteiger partial charge in [-0.15, -0.1) is 11.3 Å². The third-order valence-corrected chi connectivity index (χ3v) is 4.04. The van der Waals surface area contributed by atoms with Gasteiger partial charge in [0, 0.05) is 17.0 Å². The Bertz CT molecular complexity index is 531. The molecule has 0 atom stereocenters. The number of hydrogen-bond acceptors (Lipinski definition) is 5. The van der Waals surface area contributed by atoms with E-state index in [9.17, 15) is 0 Å². The van der Waals surface area contributed by atoms with Gasteiger partial charge in [-0.05, 0) is 22.6 Å². The molecule has 2 N–H and O–H groups in total. The van der Waals surface area contributed by atoms with Crippen molar-refractivity contribution in [3.63, 3.8) is 0 Å². The van der Waals surface area contributed by atoms with E-state index in [-0.39, 0.29) is 5.41 Å².